The quantitative estimate of drug-likeness (QED) is 0.569. The second kappa shape index (κ2) is 5.70. The van der Waals surface area contributed by atoms with Gasteiger partial charge in [-0.15, -0.1) is 16.8 Å². The molecule has 0 saturated carbocycles. The Morgan fingerprint density at radius 3 is 2.76 bits per heavy atom. The smallest absolute Gasteiger partial charge is 0.185 e. The van der Waals surface area contributed by atoms with E-state index in [-0.39, 0.29) is 5.82 Å². The highest BCUT2D eigenvalue weighted by Crippen LogP contribution is 2.38. The third kappa shape index (κ3) is 2.28. The van der Waals surface area contributed by atoms with Crippen LogP contribution in [0.25, 0.3) is 27.7 Å². The highest BCUT2D eigenvalue weighted by Gasteiger charge is 2.19. The van der Waals surface area contributed by atoms with Crippen LogP contribution in [-0.2, 0) is 6.42 Å². The first-order valence-corrected chi connectivity index (χ1v) is 8.03. The van der Waals surface area contributed by atoms with Crippen LogP contribution in [0, 0.1) is 12.7 Å². The molecule has 0 fully saturated rings. The molecule has 0 amide bonds. The van der Waals surface area contributed by atoms with Crippen LogP contribution in [0.15, 0.2) is 55.1 Å². The summed E-state index contributed by atoms with van der Waals surface area (Å²) in [5, 5.41) is 9.21. The topological polar surface area (TPSA) is 56.2 Å². The van der Waals surface area contributed by atoms with E-state index in [2.05, 4.69) is 16.8 Å². The lowest BCUT2D eigenvalue weighted by molar-refractivity contribution is 0.631. The first-order chi connectivity index (χ1) is 12.1. The molecule has 124 valence electrons. The third-order valence-electron chi connectivity index (χ3n) is 4.43. The molecule has 0 aliphatic heterocycles. The Kier molecular flexibility index (Phi) is 3.50. The van der Waals surface area contributed by atoms with Crippen LogP contribution >= 0.6 is 0 Å². The van der Waals surface area contributed by atoms with E-state index in [0.29, 0.717) is 22.5 Å². The van der Waals surface area contributed by atoms with Crippen LogP contribution in [0.5, 0.6) is 0 Å². The van der Waals surface area contributed by atoms with Gasteiger partial charge in [-0.2, -0.15) is 0 Å². The SMILES string of the molecule is C=CCc1ccc2c(c1)c(-c1ccccc1F)c(N)c1nnc(C)n12. The number of halogens is 1. The molecule has 25 heavy (non-hydrogen) atoms. The van der Waals surface area contributed by atoms with Gasteiger partial charge in [0, 0.05) is 16.5 Å². The molecule has 4 aromatic rings. The zero-order valence-electron chi connectivity index (χ0n) is 13.8. The summed E-state index contributed by atoms with van der Waals surface area (Å²) in [6.45, 7) is 5.67. The summed E-state index contributed by atoms with van der Waals surface area (Å²) in [6.07, 6.45) is 2.57. The lowest BCUT2D eigenvalue weighted by atomic mass is 9.96. The Hall–Kier alpha value is -3.21. The number of aryl methyl sites for hydroxylation is 1. The number of aromatic nitrogens is 3. The summed E-state index contributed by atoms with van der Waals surface area (Å²) in [5.41, 5.74) is 10.5. The third-order valence-corrected chi connectivity index (χ3v) is 4.43. The van der Waals surface area contributed by atoms with Crippen molar-refractivity contribution >= 4 is 22.2 Å². The number of fused-ring (bicyclic) bond motifs is 3. The fourth-order valence-corrected chi connectivity index (χ4v) is 3.31. The Morgan fingerprint density at radius 2 is 2.00 bits per heavy atom. The van der Waals surface area contributed by atoms with E-state index in [1.165, 1.54) is 6.07 Å². The van der Waals surface area contributed by atoms with Crippen LogP contribution in [0.4, 0.5) is 10.1 Å². The number of nitrogen functional groups attached to an aromatic ring is 1. The summed E-state index contributed by atoms with van der Waals surface area (Å²) in [4.78, 5) is 0. The molecule has 0 radical (unpaired) electrons. The average molecular weight is 332 g/mol. The Morgan fingerprint density at radius 1 is 1.20 bits per heavy atom. The molecule has 0 unspecified atom stereocenters. The molecule has 4 nitrogen and oxygen atoms in total. The lowest BCUT2D eigenvalue weighted by Gasteiger charge is -2.15. The van der Waals surface area contributed by atoms with Gasteiger partial charge in [0.2, 0.25) is 0 Å². The van der Waals surface area contributed by atoms with Gasteiger partial charge in [0.05, 0.1) is 11.2 Å². The van der Waals surface area contributed by atoms with Crippen molar-refractivity contribution < 1.29 is 4.39 Å². The highest BCUT2D eigenvalue weighted by atomic mass is 19.1. The Balaban J connectivity index is 2.21. The van der Waals surface area contributed by atoms with E-state index in [9.17, 15) is 4.39 Å². The molecule has 0 aliphatic carbocycles. The van der Waals surface area contributed by atoms with Gasteiger partial charge in [-0.25, -0.2) is 4.39 Å². The van der Waals surface area contributed by atoms with Crippen LogP contribution in [0.1, 0.15) is 11.4 Å². The highest BCUT2D eigenvalue weighted by molar-refractivity contribution is 6.05. The van der Waals surface area contributed by atoms with E-state index < -0.39 is 0 Å². The molecule has 0 aliphatic rings. The molecule has 0 spiro atoms. The molecular formula is C20H17FN4. The van der Waals surface area contributed by atoms with Crippen molar-refractivity contribution in [3.63, 3.8) is 0 Å². The summed E-state index contributed by atoms with van der Waals surface area (Å²) in [6, 6.07) is 12.7. The van der Waals surface area contributed by atoms with E-state index in [1.807, 2.05) is 35.6 Å². The Labute approximate surface area is 144 Å². The van der Waals surface area contributed by atoms with E-state index >= 15 is 0 Å². The standard InChI is InChI=1S/C20H17FN4/c1-3-6-13-9-10-17-15(11-13)18(14-7-4-5-8-16(14)21)19(22)20-24-23-12(2)25(17)20/h3-5,7-11H,1,6,22H2,2H3. The number of nitrogens with two attached hydrogens (primary N) is 1. The second-order valence-corrected chi connectivity index (χ2v) is 6.02. The van der Waals surface area contributed by atoms with Gasteiger partial charge in [0.25, 0.3) is 0 Å². The van der Waals surface area contributed by atoms with E-state index in [4.69, 9.17) is 5.73 Å². The molecule has 4 rings (SSSR count). The number of hydrogen-bond acceptors (Lipinski definition) is 3. The van der Waals surface area contributed by atoms with E-state index in [1.54, 1.807) is 18.2 Å². The molecule has 0 bridgehead atoms. The predicted molar refractivity (Wildman–Crippen MR) is 98.9 cm³/mol. The van der Waals surface area contributed by atoms with Gasteiger partial charge in [-0.3, -0.25) is 4.40 Å². The predicted octanol–water partition coefficient (Wildman–Crippen LogP) is 4.31. The maximum Gasteiger partial charge on any atom is 0.185 e. The van der Waals surface area contributed by atoms with Crippen molar-refractivity contribution in [1.82, 2.24) is 14.6 Å². The molecule has 0 saturated heterocycles. The zero-order chi connectivity index (χ0) is 17.6. The van der Waals surface area contributed by atoms with Crippen molar-refractivity contribution in [1.29, 1.82) is 0 Å². The first-order valence-electron chi connectivity index (χ1n) is 8.03. The van der Waals surface area contributed by atoms with Gasteiger partial charge in [0.15, 0.2) is 5.65 Å². The number of allylic oxidation sites excluding steroid dienone is 1. The van der Waals surface area contributed by atoms with Gasteiger partial charge in [0.1, 0.15) is 11.6 Å². The second-order valence-electron chi connectivity index (χ2n) is 6.02. The van der Waals surface area contributed by atoms with Crippen LogP contribution < -0.4 is 5.73 Å². The summed E-state index contributed by atoms with van der Waals surface area (Å²) >= 11 is 0. The van der Waals surface area contributed by atoms with Crippen molar-refractivity contribution in [2.45, 2.75) is 13.3 Å². The lowest BCUT2D eigenvalue weighted by Crippen LogP contribution is -2.02. The number of rotatable bonds is 3. The molecular weight excluding hydrogens is 315 g/mol. The van der Waals surface area contributed by atoms with Gasteiger partial charge >= 0.3 is 0 Å². The monoisotopic (exact) mass is 332 g/mol. The van der Waals surface area contributed by atoms with Crippen molar-refractivity contribution in [2.75, 3.05) is 5.73 Å². The summed E-state index contributed by atoms with van der Waals surface area (Å²) in [7, 11) is 0. The minimum absolute atomic E-state index is 0.315. The molecule has 2 aromatic carbocycles. The molecule has 2 aromatic heterocycles. The number of hydrogen-bond donors (Lipinski definition) is 1. The maximum absolute atomic E-state index is 14.5. The van der Waals surface area contributed by atoms with Gasteiger partial charge in [-0.05, 0) is 37.1 Å². The largest absolute Gasteiger partial charge is 0.395 e. The molecule has 0 atom stereocenters. The van der Waals surface area contributed by atoms with Gasteiger partial charge in [-0.1, -0.05) is 30.3 Å². The number of nitrogens with zero attached hydrogens (tertiary/aromatic N) is 3. The van der Waals surface area contributed by atoms with Crippen LogP contribution in [0.3, 0.4) is 0 Å². The molecule has 5 heteroatoms. The number of benzene rings is 2. The van der Waals surface area contributed by atoms with Gasteiger partial charge < -0.3 is 5.73 Å². The minimum Gasteiger partial charge on any atom is -0.395 e. The normalized spacial score (nSPS) is 11.3. The van der Waals surface area contributed by atoms with Crippen LogP contribution in [0.2, 0.25) is 0 Å². The maximum atomic E-state index is 14.5. The zero-order valence-corrected chi connectivity index (χ0v) is 13.8. The Bertz CT molecular complexity index is 1130. The van der Waals surface area contributed by atoms with Crippen LogP contribution in [-0.4, -0.2) is 14.6 Å². The van der Waals surface area contributed by atoms with Crippen molar-refractivity contribution in [2.24, 2.45) is 0 Å². The summed E-state index contributed by atoms with van der Waals surface area (Å²) in [5.74, 6) is 0.425. The molecule has 2 heterocycles. The number of pyridine rings is 1. The van der Waals surface area contributed by atoms with Crippen molar-refractivity contribution in [3.8, 4) is 11.1 Å². The number of anilines is 1. The average Bonchev–Trinajstić information content (AvgIpc) is 2.99. The first kappa shape index (κ1) is 15.3. The molecule has 2 N–H and O–H groups in total. The van der Waals surface area contributed by atoms with E-state index in [0.717, 1.165) is 28.7 Å². The fourth-order valence-electron chi connectivity index (χ4n) is 3.31. The van der Waals surface area contributed by atoms with Crippen molar-refractivity contribution in [3.05, 3.63) is 72.3 Å². The fraction of sp³-hybridized carbons (Fsp3) is 0.100. The minimum atomic E-state index is -0.315. The summed E-state index contributed by atoms with van der Waals surface area (Å²) < 4.78 is 16.4.